The summed E-state index contributed by atoms with van der Waals surface area (Å²) in [7, 11) is 1.16. The van der Waals surface area contributed by atoms with Gasteiger partial charge in [-0.2, -0.15) is 11.8 Å². The predicted molar refractivity (Wildman–Crippen MR) is 114 cm³/mol. The van der Waals surface area contributed by atoms with Crippen molar-refractivity contribution in [1.29, 1.82) is 0 Å². The van der Waals surface area contributed by atoms with E-state index in [0.717, 1.165) is 25.3 Å². The fraction of sp³-hybridized carbons (Fsp3) is 0.391. The highest BCUT2D eigenvalue weighted by Gasteiger charge is 2.42. The second kappa shape index (κ2) is 9.60. The molecule has 2 aromatic rings. The van der Waals surface area contributed by atoms with Gasteiger partial charge in [-0.25, -0.2) is 13.6 Å². The standard InChI is InChI=1S/C23H25F2NO3S/c1-13(2)30-12-16-9-18(16)22(27)26-11-15-8-7-14(10-20(15)25)17-5-4-6-19(24)21(17)23(28)29-3/h4-8,10,13,16,18H,9,11-12H2,1-3H3,(H,26,27). The average molecular weight is 434 g/mol. The first-order valence-electron chi connectivity index (χ1n) is 9.86. The molecule has 0 aliphatic heterocycles. The van der Waals surface area contributed by atoms with Crippen molar-refractivity contribution in [3.8, 4) is 11.1 Å². The third kappa shape index (κ3) is 5.19. The number of rotatable bonds is 8. The van der Waals surface area contributed by atoms with Crippen LogP contribution < -0.4 is 5.32 Å². The third-order valence-corrected chi connectivity index (χ3v) is 6.41. The van der Waals surface area contributed by atoms with Crippen molar-refractivity contribution in [1.82, 2.24) is 5.32 Å². The zero-order valence-electron chi connectivity index (χ0n) is 17.2. The van der Waals surface area contributed by atoms with E-state index in [0.29, 0.717) is 22.3 Å². The number of amides is 1. The molecule has 7 heteroatoms. The number of esters is 1. The third-order valence-electron chi connectivity index (χ3n) is 5.12. The van der Waals surface area contributed by atoms with Crippen molar-refractivity contribution in [2.75, 3.05) is 12.9 Å². The van der Waals surface area contributed by atoms with E-state index in [1.165, 1.54) is 24.3 Å². The molecule has 0 heterocycles. The van der Waals surface area contributed by atoms with Gasteiger partial charge in [0.2, 0.25) is 5.91 Å². The number of halogens is 2. The van der Waals surface area contributed by atoms with Gasteiger partial charge in [0.15, 0.2) is 0 Å². The van der Waals surface area contributed by atoms with E-state index in [2.05, 4.69) is 23.9 Å². The molecule has 0 aromatic heterocycles. The second-order valence-electron chi connectivity index (χ2n) is 7.66. The van der Waals surface area contributed by atoms with Gasteiger partial charge in [-0.3, -0.25) is 4.79 Å². The summed E-state index contributed by atoms with van der Waals surface area (Å²) in [6.07, 6.45) is 0.878. The lowest BCUT2D eigenvalue weighted by Gasteiger charge is -2.11. The first-order valence-corrected chi connectivity index (χ1v) is 10.9. The predicted octanol–water partition coefficient (Wildman–Crippen LogP) is 4.81. The quantitative estimate of drug-likeness (QED) is 0.607. The maximum Gasteiger partial charge on any atom is 0.341 e. The number of ether oxygens (including phenoxy) is 1. The van der Waals surface area contributed by atoms with Crippen molar-refractivity contribution in [3.05, 3.63) is 59.2 Å². The molecule has 1 saturated carbocycles. The summed E-state index contributed by atoms with van der Waals surface area (Å²) in [5.41, 5.74) is 0.701. The van der Waals surface area contributed by atoms with E-state index in [-0.39, 0.29) is 29.5 Å². The van der Waals surface area contributed by atoms with E-state index in [1.54, 1.807) is 6.07 Å². The van der Waals surface area contributed by atoms with Crippen molar-refractivity contribution in [3.63, 3.8) is 0 Å². The Kier molecular flexibility index (Phi) is 7.13. The van der Waals surface area contributed by atoms with Gasteiger partial charge < -0.3 is 10.1 Å². The first kappa shape index (κ1) is 22.3. The Labute approximate surface area is 179 Å². The summed E-state index contributed by atoms with van der Waals surface area (Å²) in [5.74, 6) is -0.765. The van der Waals surface area contributed by atoms with Crippen LogP contribution in [0.25, 0.3) is 11.1 Å². The zero-order chi connectivity index (χ0) is 21.8. The monoisotopic (exact) mass is 433 g/mol. The Morgan fingerprint density at radius 1 is 1.20 bits per heavy atom. The van der Waals surface area contributed by atoms with Gasteiger partial charge >= 0.3 is 5.97 Å². The zero-order valence-corrected chi connectivity index (χ0v) is 18.0. The highest BCUT2D eigenvalue weighted by molar-refractivity contribution is 7.99. The number of nitrogens with one attached hydrogen (secondary N) is 1. The molecule has 1 aliphatic carbocycles. The maximum absolute atomic E-state index is 14.6. The summed E-state index contributed by atoms with van der Waals surface area (Å²) >= 11 is 1.85. The lowest BCUT2D eigenvalue weighted by Crippen LogP contribution is -2.25. The van der Waals surface area contributed by atoms with Crippen LogP contribution in [0.15, 0.2) is 36.4 Å². The highest BCUT2D eigenvalue weighted by atomic mass is 32.2. The van der Waals surface area contributed by atoms with Crippen LogP contribution in [0.2, 0.25) is 0 Å². The molecular formula is C23H25F2NO3S. The normalized spacial score (nSPS) is 17.7. The van der Waals surface area contributed by atoms with Crippen LogP contribution in [0, 0.1) is 23.5 Å². The van der Waals surface area contributed by atoms with Gasteiger partial charge in [-0.15, -0.1) is 0 Å². The van der Waals surface area contributed by atoms with Gasteiger partial charge in [-0.05, 0) is 46.6 Å². The highest BCUT2D eigenvalue weighted by Crippen LogP contribution is 2.41. The molecule has 2 atom stereocenters. The van der Waals surface area contributed by atoms with E-state index >= 15 is 0 Å². The SMILES string of the molecule is COC(=O)c1c(F)cccc1-c1ccc(CNC(=O)C2CC2CSC(C)C)c(F)c1. The molecule has 2 aromatic carbocycles. The van der Waals surface area contributed by atoms with Crippen LogP contribution in [-0.2, 0) is 16.1 Å². The molecule has 2 unspecified atom stereocenters. The molecule has 0 bridgehead atoms. The maximum atomic E-state index is 14.6. The fourth-order valence-electron chi connectivity index (χ4n) is 3.31. The molecule has 4 nitrogen and oxygen atoms in total. The number of thioether (sulfide) groups is 1. The smallest absolute Gasteiger partial charge is 0.341 e. The molecule has 0 saturated heterocycles. The van der Waals surface area contributed by atoms with Crippen LogP contribution in [0.4, 0.5) is 8.78 Å². The number of carbonyl (C=O) groups excluding carboxylic acids is 2. The summed E-state index contributed by atoms with van der Waals surface area (Å²) < 4.78 is 33.4. The summed E-state index contributed by atoms with van der Waals surface area (Å²) in [6, 6.07) is 8.52. The first-order chi connectivity index (χ1) is 14.3. The summed E-state index contributed by atoms with van der Waals surface area (Å²) in [4.78, 5) is 24.2. The largest absolute Gasteiger partial charge is 0.465 e. The van der Waals surface area contributed by atoms with Crippen LogP contribution >= 0.6 is 11.8 Å². The lowest BCUT2D eigenvalue weighted by atomic mass is 9.98. The fourth-order valence-corrected chi connectivity index (χ4v) is 4.32. The number of hydrogen-bond acceptors (Lipinski definition) is 4. The van der Waals surface area contributed by atoms with Crippen LogP contribution in [0.5, 0.6) is 0 Å². The van der Waals surface area contributed by atoms with Crippen LogP contribution in [0.3, 0.4) is 0 Å². The minimum atomic E-state index is -0.825. The minimum absolute atomic E-state index is 0.00786. The summed E-state index contributed by atoms with van der Waals surface area (Å²) in [6.45, 7) is 4.34. The van der Waals surface area contributed by atoms with Gasteiger partial charge in [0.05, 0.1) is 7.11 Å². The molecule has 1 aliphatic rings. The summed E-state index contributed by atoms with van der Waals surface area (Å²) in [5, 5.41) is 3.35. The molecule has 0 radical (unpaired) electrons. The number of benzene rings is 2. The Morgan fingerprint density at radius 2 is 1.97 bits per heavy atom. The molecule has 1 fully saturated rings. The molecule has 0 spiro atoms. The Bertz CT molecular complexity index is 948. The molecule has 160 valence electrons. The van der Waals surface area contributed by atoms with Crippen molar-refractivity contribution < 1.29 is 23.1 Å². The van der Waals surface area contributed by atoms with Crippen molar-refractivity contribution in [2.45, 2.75) is 32.1 Å². The van der Waals surface area contributed by atoms with Crippen LogP contribution in [-0.4, -0.2) is 30.0 Å². The van der Waals surface area contributed by atoms with Crippen molar-refractivity contribution in [2.24, 2.45) is 11.8 Å². The van der Waals surface area contributed by atoms with E-state index in [4.69, 9.17) is 0 Å². The Balaban J connectivity index is 1.67. The molecule has 3 rings (SSSR count). The van der Waals surface area contributed by atoms with E-state index < -0.39 is 17.6 Å². The lowest BCUT2D eigenvalue weighted by molar-refractivity contribution is -0.122. The molecular weight excluding hydrogens is 408 g/mol. The van der Waals surface area contributed by atoms with Gasteiger partial charge in [0.1, 0.15) is 17.2 Å². The number of hydrogen-bond donors (Lipinski definition) is 1. The van der Waals surface area contributed by atoms with E-state index in [1.807, 2.05) is 11.8 Å². The van der Waals surface area contributed by atoms with Gasteiger partial charge in [-0.1, -0.05) is 38.1 Å². The van der Waals surface area contributed by atoms with Crippen LogP contribution in [0.1, 0.15) is 36.2 Å². The van der Waals surface area contributed by atoms with Gasteiger partial charge in [0.25, 0.3) is 0 Å². The average Bonchev–Trinajstić information content (AvgIpc) is 3.50. The molecule has 30 heavy (non-hydrogen) atoms. The van der Waals surface area contributed by atoms with E-state index in [9.17, 15) is 18.4 Å². The Morgan fingerprint density at radius 3 is 2.63 bits per heavy atom. The van der Waals surface area contributed by atoms with Gasteiger partial charge in [0, 0.05) is 18.0 Å². The molecule has 1 amide bonds. The number of methoxy groups -OCH3 is 1. The second-order valence-corrected chi connectivity index (χ2v) is 9.27. The topological polar surface area (TPSA) is 55.4 Å². The minimum Gasteiger partial charge on any atom is -0.465 e. The Hall–Kier alpha value is -2.41. The number of carbonyl (C=O) groups is 2. The molecule has 1 N–H and O–H groups in total. The van der Waals surface area contributed by atoms with Crippen molar-refractivity contribution >= 4 is 23.6 Å².